The summed E-state index contributed by atoms with van der Waals surface area (Å²) in [4.78, 5) is 53.7. The van der Waals surface area contributed by atoms with Crippen molar-refractivity contribution in [3.8, 4) is 0 Å². The van der Waals surface area contributed by atoms with Gasteiger partial charge in [0.25, 0.3) is 5.60 Å². The van der Waals surface area contributed by atoms with Gasteiger partial charge in [0.2, 0.25) is 5.91 Å². The second-order valence-electron chi connectivity index (χ2n) is 9.13. The lowest BCUT2D eigenvalue weighted by molar-refractivity contribution is -0.317. The normalized spacial score (nSPS) is 14.6. The minimum absolute atomic E-state index is 0.606. The molecule has 0 saturated carbocycles. The minimum Gasteiger partial charge on any atom is -0.386 e. The van der Waals surface area contributed by atoms with Crippen LogP contribution in [0, 0.1) is 0 Å². The fraction of sp³-hybridized carbons (Fsp3) is 0.769. The van der Waals surface area contributed by atoms with Crippen molar-refractivity contribution in [3.63, 3.8) is 0 Å². The molecule has 0 fully saturated rings. The molecule has 1 amide bonds. The molecule has 2 atom stereocenters. The van der Waals surface area contributed by atoms with Crippen LogP contribution >= 0.6 is 0 Å². The fourth-order valence-corrected chi connectivity index (χ4v) is 4.49. The molecule has 0 bridgehead atoms. The van der Waals surface area contributed by atoms with Gasteiger partial charge in [-0.2, -0.15) is 0 Å². The quantitative estimate of drug-likeness (QED) is 0.0765. The van der Waals surface area contributed by atoms with Crippen LogP contribution in [0.2, 0.25) is 0 Å². The Balaban J connectivity index is 5.05. The average molecular weight is 484 g/mol. The Morgan fingerprint density at radius 2 is 1.24 bits per heavy atom. The molecule has 34 heavy (non-hydrogen) atoms. The largest absolute Gasteiger partial charge is 0.386 e. The monoisotopic (exact) mass is 483 g/mol. The third-order valence-electron chi connectivity index (χ3n) is 6.35. The number of hydrogen-bond donors (Lipinski definition) is 3. The number of carbonyl (C=O) groups excluding carboxylic acids is 4. The smallest absolute Gasteiger partial charge is 0.250 e. The Hall–Kier alpha value is -1.90. The summed E-state index contributed by atoms with van der Waals surface area (Å²) >= 11 is 0. The molecule has 0 saturated heterocycles. The van der Waals surface area contributed by atoms with Gasteiger partial charge in [0, 0.05) is 6.92 Å². The third kappa shape index (κ3) is 8.71. The summed E-state index contributed by atoms with van der Waals surface area (Å²) in [7, 11) is 0. The van der Waals surface area contributed by atoms with Gasteiger partial charge in [0.05, 0.1) is 0 Å². The number of aliphatic hydroxyl groups is 1. The van der Waals surface area contributed by atoms with E-state index < -0.39 is 40.5 Å². The van der Waals surface area contributed by atoms with Crippen molar-refractivity contribution in [2.45, 2.75) is 129 Å². The number of Topliss-reactive ketones (excluding diaryl/α,β-unsaturated/α-hetero) is 3. The van der Waals surface area contributed by atoms with Crippen LogP contribution < -0.4 is 5.32 Å². The zero-order valence-electron chi connectivity index (χ0n) is 21.7. The van der Waals surface area contributed by atoms with Crippen LogP contribution in [0.4, 0.5) is 0 Å². The Bertz CT molecular complexity index is 675. The van der Waals surface area contributed by atoms with Gasteiger partial charge >= 0.3 is 0 Å². The summed E-state index contributed by atoms with van der Waals surface area (Å²) in [6.45, 7) is 6.18. The van der Waals surface area contributed by atoms with Gasteiger partial charge in [-0.3, -0.25) is 24.4 Å². The highest BCUT2D eigenvalue weighted by atomic mass is 17.1. The molecule has 196 valence electrons. The molecule has 0 rings (SSSR count). The molecule has 0 aromatic rings. The van der Waals surface area contributed by atoms with E-state index >= 15 is 0 Å². The first-order valence-electron chi connectivity index (χ1n) is 12.5. The van der Waals surface area contributed by atoms with E-state index in [4.69, 9.17) is 0 Å². The lowest BCUT2D eigenvalue weighted by Crippen LogP contribution is -2.78. The van der Waals surface area contributed by atoms with Gasteiger partial charge in [-0.25, -0.2) is 4.89 Å². The van der Waals surface area contributed by atoms with Crippen LogP contribution in [0.25, 0.3) is 0 Å². The first-order chi connectivity index (χ1) is 16.0. The second kappa shape index (κ2) is 16.7. The third-order valence-corrected chi connectivity index (χ3v) is 6.35. The Kier molecular flexibility index (Phi) is 15.7. The number of aliphatic hydroxyl groups excluding tert-OH is 1. The van der Waals surface area contributed by atoms with E-state index in [1.807, 2.05) is 0 Å². The SMILES string of the molecule is CCCCCCCCCCCCC/C=C/C(O)[C@](NC(C)=O)(C(C)=O)C(OO)(C(C)=O)C(C)=O. The van der Waals surface area contributed by atoms with Crippen molar-refractivity contribution in [2.24, 2.45) is 0 Å². The number of nitrogens with one attached hydrogen (secondary N) is 1. The van der Waals surface area contributed by atoms with Gasteiger partial charge < -0.3 is 10.4 Å². The highest BCUT2D eigenvalue weighted by Gasteiger charge is 2.67. The zero-order valence-corrected chi connectivity index (χ0v) is 21.7. The molecule has 0 aliphatic rings. The van der Waals surface area contributed by atoms with Crippen LogP contribution in [-0.4, -0.2) is 50.9 Å². The fourth-order valence-electron chi connectivity index (χ4n) is 4.49. The number of allylic oxidation sites excluding steroid dienone is 1. The molecule has 8 heteroatoms. The summed E-state index contributed by atoms with van der Waals surface area (Å²) in [6.07, 6.45) is 14.9. The predicted octanol–water partition coefficient (Wildman–Crippen LogP) is 4.47. The van der Waals surface area contributed by atoms with Crippen molar-refractivity contribution in [1.29, 1.82) is 0 Å². The van der Waals surface area contributed by atoms with E-state index in [9.17, 15) is 29.5 Å². The van der Waals surface area contributed by atoms with Crippen LogP contribution in [0.15, 0.2) is 12.2 Å². The van der Waals surface area contributed by atoms with Gasteiger partial charge in [-0.05, 0) is 33.6 Å². The Morgan fingerprint density at radius 1 is 0.794 bits per heavy atom. The lowest BCUT2D eigenvalue weighted by atomic mass is 9.68. The average Bonchev–Trinajstić information content (AvgIpc) is 2.75. The summed E-state index contributed by atoms with van der Waals surface area (Å²) in [6, 6.07) is 0. The molecule has 0 aromatic carbocycles. The van der Waals surface area contributed by atoms with Gasteiger partial charge in [-0.1, -0.05) is 83.3 Å². The van der Waals surface area contributed by atoms with E-state index in [2.05, 4.69) is 17.1 Å². The van der Waals surface area contributed by atoms with Gasteiger partial charge in [-0.15, -0.1) is 0 Å². The molecule has 3 N–H and O–H groups in total. The van der Waals surface area contributed by atoms with E-state index in [0.717, 1.165) is 47.0 Å². The summed E-state index contributed by atoms with van der Waals surface area (Å²) in [5.41, 5.74) is -5.30. The molecule has 0 spiro atoms. The number of hydrogen-bond acceptors (Lipinski definition) is 7. The molecule has 0 heterocycles. The van der Waals surface area contributed by atoms with Crippen molar-refractivity contribution < 1.29 is 34.4 Å². The molecular formula is C26H45NO7. The number of ketones is 3. The molecular weight excluding hydrogens is 438 g/mol. The van der Waals surface area contributed by atoms with E-state index in [1.165, 1.54) is 57.4 Å². The molecule has 0 aliphatic heterocycles. The molecule has 0 aliphatic carbocycles. The van der Waals surface area contributed by atoms with Gasteiger partial charge in [0.1, 0.15) is 6.10 Å². The number of carbonyl (C=O) groups is 4. The highest BCUT2D eigenvalue weighted by Crippen LogP contribution is 2.34. The van der Waals surface area contributed by atoms with Crippen molar-refractivity contribution >= 4 is 23.3 Å². The minimum atomic E-state index is -2.79. The molecule has 1 unspecified atom stereocenters. The van der Waals surface area contributed by atoms with Crippen molar-refractivity contribution in [2.75, 3.05) is 0 Å². The number of unbranched alkanes of at least 4 members (excludes halogenated alkanes) is 11. The molecule has 8 nitrogen and oxygen atoms in total. The summed E-state index contributed by atoms with van der Waals surface area (Å²) < 4.78 is 0. The van der Waals surface area contributed by atoms with Gasteiger partial charge in [0.15, 0.2) is 22.9 Å². The summed E-state index contributed by atoms with van der Waals surface area (Å²) in [5, 5.41) is 22.7. The van der Waals surface area contributed by atoms with E-state index in [0.29, 0.717) is 6.42 Å². The van der Waals surface area contributed by atoms with Crippen molar-refractivity contribution in [1.82, 2.24) is 5.32 Å². The van der Waals surface area contributed by atoms with Crippen molar-refractivity contribution in [3.05, 3.63) is 12.2 Å². The maximum Gasteiger partial charge on any atom is 0.250 e. The Morgan fingerprint density at radius 3 is 1.59 bits per heavy atom. The maximum absolute atomic E-state index is 12.7. The van der Waals surface area contributed by atoms with Crippen LogP contribution in [-0.2, 0) is 24.1 Å². The zero-order chi connectivity index (χ0) is 26.2. The van der Waals surface area contributed by atoms with Crippen LogP contribution in [0.1, 0.15) is 112 Å². The second-order valence-corrected chi connectivity index (χ2v) is 9.13. The van der Waals surface area contributed by atoms with Crippen LogP contribution in [0.3, 0.4) is 0 Å². The van der Waals surface area contributed by atoms with E-state index in [1.54, 1.807) is 6.08 Å². The maximum atomic E-state index is 12.7. The highest BCUT2D eigenvalue weighted by molar-refractivity contribution is 6.16. The summed E-state index contributed by atoms with van der Waals surface area (Å²) in [5.74, 6) is -3.74. The first kappa shape index (κ1) is 32.1. The van der Waals surface area contributed by atoms with Crippen LogP contribution in [0.5, 0.6) is 0 Å². The standard InChI is InChI=1S/C26H45NO7/c1-6-7-8-9-10-11-12-13-14-15-16-17-18-19-24(32)25(20(2)28,27-23(5)31)26(34-33,21(3)29)22(4)30/h18-19,24,32-33H,6-17H2,1-5H3,(H,27,31)/b19-18+/t24?,25-/m1/s1. The topological polar surface area (TPSA) is 130 Å². The Labute approximate surface area is 204 Å². The molecule has 0 aromatic heterocycles. The lowest BCUT2D eigenvalue weighted by Gasteiger charge is -2.45. The van der Waals surface area contributed by atoms with E-state index in [-0.39, 0.29) is 0 Å². The molecule has 0 radical (unpaired) electrons. The predicted molar refractivity (Wildman–Crippen MR) is 131 cm³/mol. The first-order valence-corrected chi connectivity index (χ1v) is 12.5. The number of amides is 1. The number of rotatable bonds is 20.